The van der Waals surface area contributed by atoms with Gasteiger partial charge in [-0.2, -0.15) is 0 Å². The fraction of sp³-hybridized carbons (Fsp3) is 0.174. The van der Waals surface area contributed by atoms with E-state index in [2.05, 4.69) is 21.6 Å². The number of thioether (sulfide) groups is 1. The largest absolute Gasteiger partial charge is 0.465 e. The number of methoxy groups -OCH3 is 2. The molecule has 1 N–H and O–H groups in total. The van der Waals surface area contributed by atoms with Crippen LogP contribution in [0.15, 0.2) is 53.0 Å². The Balaban J connectivity index is 1.50. The first-order valence-electron chi connectivity index (χ1n) is 10.0. The van der Waals surface area contributed by atoms with Gasteiger partial charge in [0, 0.05) is 28.1 Å². The van der Waals surface area contributed by atoms with Crippen molar-refractivity contribution in [3.05, 3.63) is 59.0 Å². The van der Waals surface area contributed by atoms with Crippen LogP contribution in [-0.4, -0.2) is 52.6 Å². The zero-order valence-electron chi connectivity index (χ0n) is 18.5. The third kappa shape index (κ3) is 4.66. The lowest BCUT2D eigenvalue weighted by molar-refractivity contribution is -0.113. The molecule has 0 spiro atoms. The highest BCUT2D eigenvalue weighted by Crippen LogP contribution is 2.33. The van der Waals surface area contributed by atoms with Crippen molar-refractivity contribution in [2.45, 2.75) is 5.16 Å². The number of esters is 2. The average molecular weight is 497 g/mol. The van der Waals surface area contributed by atoms with Crippen LogP contribution in [0, 0.1) is 0 Å². The summed E-state index contributed by atoms with van der Waals surface area (Å²) in [7, 11) is 4.33. The highest BCUT2D eigenvalue weighted by molar-refractivity contribution is 7.99. The zero-order valence-corrected chi connectivity index (χ0v) is 20.2. The summed E-state index contributed by atoms with van der Waals surface area (Å²) in [6, 6.07) is 12.3. The van der Waals surface area contributed by atoms with Crippen LogP contribution in [-0.2, 0) is 21.3 Å². The standard InChI is InChI=1S/C23H20N4O5S2/c1-27-20(16-11-33-18-7-5-4-6-14(16)18)25-26-23(27)34-12-19(28)24-17-10-13(21(29)31-2)8-9-15(17)22(30)32-3/h4-11H,12H2,1-3H3,(H,24,28). The molecule has 0 aliphatic carbocycles. The van der Waals surface area contributed by atoms with Crippen LogP contribution in [0.3, 0.4) is 0 Å². The molecule has 0 unspecified atom stereocenters. The van der Waals surface area contributed by atoms with E-state index in [1.54, 1.807) is 11.3 Å². The molecular formula is C23H20N4O5S2. The normalized spacial score (nSPS) is 10.8. The van der Waals surface area contributed by atoms with Crippen molar-refractivity contribution in [2.75, 3.05) is 25.3 Å². The van der Waals surface area contributed by atoms with E-state index in [4.69, 9.17) is 9.47 Å². The number of thiophene rings is 1. The van der Waals surface area contributed by atoms with E-state index in [-0.39, 0.29) is 28.5 Å². The number of hydrogen-bond acceptors (Lipinski definition) is 9. The van der Waals surface area contributed by atoms with Crippen LogP contribution < -0.4 is 5.32 Å². The molecule has 11 heteroatoms. The highest BCUT2D eigenvalue weighted by Gasteiger charge is 2.19. The number of nitrogens with one attached hydrogen (secondary N) is 1. The second-order valence-electron chi connectivity index (χ2n) is 7.09. The third-order valence-corrected chi connectivity index (χ3v) is 6.99. The van der Waals surface area contributed by atoms with E-state index in [9.17, 15) is 14.4 Å². The third-order valence-electron chi connectivity index (χ3n) is 5.01. The van der Waals surface area contributed by atoms with Gasteiger partial charge in [0.25, 0.3) is 0 Å². The molecule has 174 valence electrons. The Morgan fingerprint density at radius 2 is 1.82 bits per heavy atom. The van der Waals surface area contributed by atoms with E-state index < -0.39 is 11.9 Å². The summed E-state index contributed by atoms with van der Waals surface area (Å²) in [4.78, 5) is 36.6. The number of anilines is 1. The van der Waals surface area contributed by atoms with E-state index >= 15 is 0 Å². The number of nitrogens with zero attached hydrogens (tertiary/aromatic N) is 3. The molecular weight excluding hydrogens is 476 g/mol. The summed E-state index contributed by atoms with van der Waals surface area (Å²) >= 11 is 2.84. The Hall–Kier alpha value is -3.70. The fourth-order valence-electron chi connectivity index (χ4n) is 3.32. The summed E-state index contributed by atoms with van der Waals surface area (Å²) in [5, 5.41) is 14.9. The number of ether oxygens (including phenoxy) is 2. The molecule has 0 saturated heterocycles. The molecule has 2 aromatic carbocycles. The van der Waals surface area contributed by atoms with Gasteiger partial charge in [0.05, 0.1) is 36.8 Å². The van der Waals surface area contributed by atoms with Crippen molar-refractivity contribution < 1.29 is 23.9 Å². The second kappa shape index (κ2) is 10.1. The lowest BCUT2D eigenvalue weighted by atomic mass is 10.1. The molecule has 0 radical (unpaired) electrons. The van der Waals surface area contributed by atoms with Crippen LogP contribution >= 0.6 is 23.1 Å². The maximum Gasteiger partial charge on any atom is 0.339 e. The number of fused-ring (bicyclic) bond motifs is 1. The average Bonchev–Trinajstić information content (AvgIpc) is 3.44. The molecule has 0 bridgehead atoms. The number of carbonyl (C=O) groups is 3. The van der Waals surface area contributed by atoms with Crippen molar-refractivity contribution in [3.63, 3.8) is 0 Å². The van der Waals surface area contributed by atoms with Gasteiger partial charge in [0.2, 0.25) is 5.91 Å². The Bertz CT molecular complexity index is 1400. The highest BCUT2D eigenvalue weighted by atomic mass is 32.2. The molecule has 0 atom stereocenters. The van der Waals surface area contributed by atoms with E-state index in [0.717, 1.165) is 15.6 Å². The summed E-state index contributed by atoms with van der Waals surface area (Å²) < 4.78 is 12.5. The predicted molar refractivity (Wildman–Crippen MR) is 130 cm³/mol. The first-order valence-corrected chi connectivity index (χ1v) is 11.9. The van der Waals surface area contributed by atoms with Crippen LogP contribution in [0.4, 0.5) is 5.69 Å². The van der Waals surface area contributed by atoms with Gasteiger partial charge in [0.15, 0.2) is 11.0 Å². The summed E-state index contributed by atoms with van der Waals surface area (Å²) in [6.07, 6.45) is 0. The molecule has 9 nitrogen and oxygen atoms in total. The van der Waals surface area contributed by atoms with E-state index in [1.807, 2.05) is 35.2 Å². The topological polar surface area (TPSA) is 112 Å². The molecule has 2 aromatic heterocycles. The molecule has 2 heterocycles. The van der Waals surface area contributed by atoms with Crippen molar-refractivity contribution in [3.8, 4) is 11.4 Å². The number of aromatic nitrogens is 3. The molecule has 4 rings (SSSR count). The van der Waals surface area contributed by atoms with Gasteiger partial charge < -0.3 is 19.4 Å². The summed E-state index contributed by atoms with van der Waals surface area (Å²) in [5.41, 5.74) is 1.45. The quantitative estimate of drug-likeness (QED) is 0.302. The van der Waals surface area contributed by atoms with E-state index in [0.29, 0.717) is 11.0 Å². The van der Waals surface area contributed by atoms with Crippen LogP contribution in [0.5, 0.6) is 0 Å². The van der Waals surface area contributed by atoms with Gasteiger partial charge in [-0.05, 0) is 24.3 Å². The Kier molecular flexibility index (Phi) is 6.94. The van der Waals surface area contributed by atoms with Crippen molar-refractivity contribution >= 4 is 56.7 Å². The number of carbonyl (C=O) groups excluding carboxylic acids is 3. The fourth-order valence-corrected chi connectivity index (χ4v) is 4.97. The Morgan fingerprint density at radius 3 is 2.59 bits per heavy atom. The maximum atomic E-state index is 12.7. The lowest BCUT2D eigenvalue weighted by Crippen LogP contribution is -2.18. The van der Waals surface area contributed by atoms with Gasteiger partial charge in [-0.25, -0.2) is 9.59 Å². The molecule has 4 aromatic rings. The van der Waals surface area contributed by atoms with Crippen molar-refractivity contribution in [1.82, 2.24) is 14.8 Å². The SMILES string of the molecule is COC(=O)c1ccc(C(=O)OC)c(NC(=O)CSc2nnc(-c3csc4ccccc34)n2C)c1. The van der Waals surface area contributed by atoms with Crippen LogP contribution in [0.2, 0.25) is 0 Å². The lowest BCUT2D eigenvalue weighted by Gasteiger charge is -2.11. The molecule has 1 amide bonds. The summed E-state index contributed by atoms with van der Waals surface area (Å²) in [6.45, 7) is 0. The van der Waals surface area contributed by atoms with Crippen LogP contribution in [0.1, 0.15) is 20.7 Å². The Labute approximate surface area is 203 Å². The number of amides is 1. The zero-order chi connectivity index (χ0) is 24.2. The first kappa shape index (κ1) is 23.5. The summed E-state index contributed by atoms with van der Waals surface area (Å²) in [5.74, 6) is -0.893. The van der Waals surface area contributed by atoms with Crippen molar-refractivity contribution in [1.29, 1.82) is 0 Å². The smallest absolute Gasteiger partial charge is 0.339 e. The molecule has 0 saturated carbocycles. The number of rotatable bonds is 7. The van der Waals surface area contributed by atoms with Gasteiger partial charge in [0.1, 0.15) is 0 Å². The monoisotopic (exact) mass is 496 g/mol. The molecule has 34 heavy (non-hydrogen) atoms. The predicted octanol–water partition coefficient (Wildman–Crippen LogP) is 4.00. The van der Waals surface area contributed by atoms with Crippen LogP contribution in [0.25, 0.3) is 21.5 Å². The first-order chi connectivity index (χ1) is 16.4. The minimum atomic E-state index is -0.639. The molecule has 0 fully saturated rings. The minimum Gasteiger partial charge on any atom is -0.465 e. The maximum absolute atomic E-state index is 12.7. The van der Waals surface area contributed by atoms with Gasteiger partial charge in [-0.3, -0.25) is 4.79 Å². The number of benzene rings is 2. The molecule has 0 aliphatic heterocycles. The minimum absolute atomic E-state index is 0.0133. The van der Waals surface area contributed by atoms with Gasteiger partial charge in [-0.1, -0.05) is 30.0 Å². The molecule has 0 aliphatic rings. The second-order valence-corrected chi connectivity index (χ2v) is 8.94. The Morgan fingerprint density at radius 1 is 1.06 bits per heavy atom. The van der Waals surface area contributed by atoms with E-state index in [1.165, 1.54) is 44.2 Å². The van der Waals surface area contributed by atoms with Crippen molar-refractivity contribution in [2.24, 2.45) is 7.05 Å². The van der Waals surface area contributed by atoms with Gasteiger partial charge in [-0.15, -0.1) is 21.5 Å². The van der Waals surface area contributed by atoms with Gasteiger partial charge >= 0.3 is 11.9 Å². The number of hydrogen-bond donors (Lipinski definition) is 1.